The van der Waals surface area contributed by atoms with Gasteiger partial charge in [0.1, 0.15) is 5.82 Å². The Kier molecular flexibility index (Phi) is 4.07. The average Bonchev–Trinajstić information content (AvgIpc) is 2.46. The predicted molar refractivity (Wildman–Crippen MR) is 71.3 cm³/mol. The molecule has 0 aromatic heterocycles. The van der Waals surface area contributed by atoms with Gasteiger partial charge in [-0.3, -0.25) is 4.79 Å². The summed E-state index contributed by atoms with van der Waals surface area (Å²) in [5, 5.41) is 10.1. The molecule has 19 heavy (non-hydrogen) atoms. The van der Waals surface area contributed by atoms with Gasteiger partial charge in [0.25, 0.3) is 0 Å². The van der Waals surface area contributed by atoms with Crippen LogP contribution in [0.3, 0.4) is 0 Å². The summed E-state index contributed by atoms with van der Waals surface area (Å²) in [7, 11) is 0. The van der Waals surface area contributed by atoms with E-state index in [1.54, 1.807) is 43.3 Å². The van der Waals surface area contributed by atoms with Crippen molar-refractivity contribution in [2.75, 3.05) is 0 Å². The first-order valence-corrected chi connectivity index (χ1v) is 6.13. The molecule has 0 radical (unpaired) electrons. The molecule has 2 aromatic rings. The minimum absolute atomic E-state index is 0.152. The molecule has 0 saturated carbocycles. The van der Waals surface area contributed by atoms with Gasteiger partial charge in [0.05, 0.1) is 6.10 Å². The summed E-state index contributed by atoms with van der Waals surface area (Å²) < 4.78 is 13.6. The Hall–Kier alpha value is -2.00. The summed E-state index contributed by atoms with van der Waals surface area (Å²) >= 11 is 0. The van der Waals surface area contributed by atoms with E-state index in [0.717, 1.165) is 0 Å². The number of ketones is 1. The second-order valence-electron chi connectivity index (χ2n) is 4.49. The molecule has 0 aliphatic carbocycles. The van der Waals surface area contributed by atoms with Crippen molar-refractivity contribution in [3.63, 3.8) is 0 Å². The Labute approximate surface area is 111 Å². The number of rotatable bonds is 4. The molecule has 1 N–H and O–H groups in total. The zero-order valence-electron chi connectivity index (χ0n) is 10.6. The predicted octanol–water partition coefficient (Wildman–Crippen LogP) is 3.38. The molecule has 0 aliphatic rings. The van der Waals surface area contributed by atoms with Crippen molar-refractivity contribution >= 4 is 5.78 Å². The van der Waals surface area contributed by atoms with Gasteiger partial charge in [-0.1, -0.05) is 55.5 Å². The maximum Gasteiger partial charge on any atom is 0.168 e. The van der Waals surface area contributed by atoms with Gasteiger partial charge in [0.2, 0.25) is 0 Å². The van der Waals surface area contributed by atoms with Crippen molar-refractivity contribution in [2.45, 2.75) is 13.0 Å². The molecular weight excluding hydrogens is 243 g/mol. The molecule has 0 amide bonds. The van der Waals surface area contributed by atoms with Crippen LogP contribution in [0.2, 0.25) is 0 Å². The summed E-state index contributed by atoms with van der Waals surface area (Å²) in [5.74, 6) is -1.39. The van der Waals surface area contributed by atoms with Gasteiger partial charge in [-0.2, -0.15) is 0 Å². The first-order valence-electron chi connectivity index (χ1n) is 6.13. The highest BCUT2D eigenvalue weighted by molar-refractivity contribution is 5.98. The summed E-state index contributed by atoms with van der Waals surface area (Å²) in [6.45, 7) is 1.60. The molecule has 2 rings (SSSR count). The number of benzene rings is 2. The number of aliphatic hydroxyl groups is 1. The third-order valence-corrected chi connectivity index (χ3v) is 3.17. The maximum atomic E-state index is 13.6. The van der Waals surface area contributed by atoms with E-state index in [1.165, 1.54) is 12.1 Å². The normalized spacial score (nSPS) is 13.8. The first kappa shape index (κ1) is 13.4. The van der Waals surface area contributed by atoms with Crippen LogP contribution in [0.5, 0.6) is 0 Å². The topological polar surface area (TPSA) is 37.3 Å². The minimum atomic E-state index is -1.14. The lowest BCUT2D eigenvalue weighted by Gasteiger charge is -2.18. The van der Waals surface area contributed by atoms with Crippen molar-refractivity contribution < 1.29 is 14.3 Å². The third kappa shape index (κ3) is 2.88. The van der Waals surface area contributed by atoms with Crippen LogP contribution in [-0.2, 0) is 0 Å². The average molecular weight is 258 g/mol. The number of hydrogen-bond acceptors (Lipinski definition) is 2. The number of halogens is 1. The summed E-state index contributed by atoms with van der Waals surface area (Å²) in [6.07, 6.45) is -1.14. The number of aliphatic hydroxyl groups excluding tert-OH is 1. The number of carbonyl (C=O) groups excluding carboxylic acids is 1. The fourth-order valence-corrected chi connectivity index (χ4v) is 1.99. The quantitative estimate of drug-likeness (QED) is 0.854. The monoisotopic (exact) mass is 258 g/mol. The van der Waals surface area contributed by atoms with E-state index < -0.39 is 17.8 Å². The zero-order valence-corrected chi connectivity index (χ0v) is 10.6. The van der Waals surface area contributed by atoms with Crippen LogP contribution in [0.1, 0.15) is 28.9 Å². The lowest BCUT2D eigenvalue weighted by molar-refractivity contribution is 0.0704. The molecule has 98 valence electrons. The van der Waals surface area contributed by atoms with Gasteiger partial charge in [0, 0.05) is 17.0 Å². The minimum Gasteiger partial charge on any atom is -0.388 e. The fraction of sp³-hybridized carbons (Fsp3) is 0.188. The molecule has 2 atom stereocenters. The molecule has 2 aromatic carbocycles. The van der Waals surface area contributed by atoms with Crippen LogP contribution in [0, 0.1) is 11.7 Å². The van der Waals surface area contributed by atoms with Gasteiger partial charge in [-0.15, -0.1) is 0 Å². The van der Waals surface area contributed by atoms with E-state index in [1.807, 2.05) is 6.07 Å². The van der Waals surface area contributed by atoms with Gasteiger partial charge in [0.15, 0.2) is 5.78 Å². The largest absolute Gasteiger partial charge is 0.388 e. The maximum absolute atomic E-state index is 13.6. The number of hydrogen-bond donors (Lipinski definition) is 1. The second kappa shape index (κ2) is 5.76. The standard InChI is InChI=1S/C16H15FO2/c1-11(15(18)12-7-3-2-4-8-12)16(19)13-9-5-6-10-14(13)17/h2-11,16,19H,1H3/t11-,16-/m1/s1. The molecular formula is C16H15FO2. The van der Waals surface area contributed by atoms with Crippen LogP contribution >= 0.6 is 0 Å². The van der Waals surface area contributed by atoms with Gasteiger partial charge < -0.3 is 5.11 Å². The van der Waals surface area contributed by atoms with Crippen molar-refractivity contribution in [2.24, 2.45) is 5.92 Å². The fourth-order valence-electron chi connectivity index (χ4n) is 1.99. The highest BCUT2D eigenvalue weighted by atomic mass is 19.1. The molecule has 0 heterocycles. The van der Waals surface area contributed by atoms with Crippen LogP contribution in [-0.4, -0.2) is 10.9 Å². The highest BCUT2D eigenvalue weighted by Crippen LogP contribution is 2.26. The van der Waals surface area contributed by atoms with Gasteiger partial charge in [-0.05, 0) is 6.07 Å². The van der Waals surface area contributed by atoms with Crippen LogP contribution in [0.25, 0.3) is 0 Å². The van der Waals surface area contributed by atoms with E-state index in [-0.39, 0.29) is 11.3 Å². The van der Waals surface area contributed by atoms with E-state index in [9.17, 15) is 14.3 Å². The first-order chi connectivity index (χ1) is 9.11. The van der Waals surface area contributed by atoms with Crippen LogP contribution in [0.4, 0.5) is 4.39 Å². The zero-order chi connectivity index (χ0) is 13.8. The summed E-state index contributed by atoms with van der Waals surface area (Å²) in [5.41, 5.74) is 0.671. The lowest BCUT2D eigenvalue weighted by atomic mass is 9.90. The van der Waals surface area contributed by atoms with E-state index in [4.69, 9.17) is 0 Å². The van der Waals surface area contributed by atoms with Gasteiger partial charge >= 0.3 is 0 Å². The molecule has 2 nitrogen and oxygen atoms in total. The second-order valence-corrected chi connectivity index (χ2v) is 4.49. The van der Waals surface area contributed by atoms with E-state index in [2.05, 4.69) is 0 Å². The lowest BCUT2D eigenvalue weighted by Crippen LogP contribution is -2.20. The summed E-state index contributed by atoms with van der Waals surface area (Å²) in [4.78, 5) is 12.2. The van der Waals surface area contributed by atoms with E-state index in [0.29, 0.717) is 5.56 Å². The van der Waals surface area contributed by atoms with Gasteiger partial charge in [-0.25, -0.2) is 4.39 Å². The smallest absolute Gasteiger partial charge is 0.168 e. The van der Waals surface area contributed by atoms with Crippen LogP contribution in [0.15, 0.2) is 54.6 Å². The Bertz CT molecular complexity index is 566. The molecule has 0 fully saturated rings. The van der Waals surface area contributed by atoms with Crippen molar-refractivity contribution in [3.8, 4) is 0 Å². The third-order valence-electron chi connectivity index (χ3n) is 3.17. The Morgan fingerprint density at radius 3 is 2.26 bits per heavy atom. The SMILES string of the molecule is C[C@H](C(=O)c1ccccc1)[C@@H](O)c1ccccc1F. The highest BCUT2D eigenvalue weighted by Gasteiger charge is 2.26. The Morgan fingerprint density at radius 1 is 1.05 bits per heavy atom. The Morgan fingerprint density at radius 2 is 1.63 bits per heavy atom. The number of Topliss-reactive ketones (excluding diaryl/α,β-unsaturated/α-hetero) is 1. The molecule has 0 bridgehead atoms. The van der Waals surface area contributed by atoms with Crippen molar-refractivity contribution in [1.29, 1.82) is 0 Å². The Balaban J connectivity index is 2.23. The molecule has 0 unspecified atom stereocenters. The van der Waals surface area contributed by atoms with Crippen molar-refractivity contribution in [1.82, 2.24) is 0 Å². The van der Waals surface area contributed by atoms with Crippen LogP contribution < -0.4 is 0 Å². The molecule has 3 heteroatoms. The number of carbonyl (C=O) groups is 1. The molecule has 0 spiro atoms. The van der Waals surface area contributed by atoms with Crippen molar-refractivity contribution in [3.05, 3.63) is 71.5 Å². The summed E-state index contributed by atoms with van der Waals surface area (Å²) in [6, 6.07) is 14.7. The molecule has 0 aliphatic heterocycles. The molecule has 0 saturated heterocycles. The van der Waals surface area contributed by atoms with E-state index >= 15 is 0 Å².